The predicted molar refractivity (Wildman–Crippen MR) is 114 cm³/mol. The number of likely N-dealkylation sites (N-methyl/N-ethyl adjacent to an activating group) is 1. The lowest BCUT2D eigenvalue weighted by atomic mass is 9.48. The van der Waals surface area contributed by atoms with Gasteiger partial charge in [0.2, 0.25) is 5.91 Å². The number of hydrogen-bond acceptors (Lipinski definition) is 2. The Bertz CT molecular complexity index is 925. The first-order valence-electron chi connectivity index (χ1n) is 11.5. The Morgan fingerprint density at radius 3 is 2.70 bits per heavy atom. The summed E-state index contributed by atoms with van der Waals surface area (Å²) in [5, 5.41) is 0. The number of Topliss-reactive ketones (excluding diaryl/α,β-unsaturated/α-hetero) is 1. The van der Waals surface area contributed by atoms with Gasteiger partial charge in [-0.15, -0.1) is 0 Å². The molecule has 1 aliphatic heterocycles. The maximum Gasteiger partial charge on any atom is 0.246 e. The van der Waals surface area contributed by atoms with Gasteiger partial charge in [0.15, 0.2) is 0 Å². The maximum absolute atomic E-state index is 13.7. The van der Waals surface area contributed by atoms with Crippen molar-refractivity contribution in [2.75, 3.05) is 7.05 Å². The van der Waals surface area contributed by atoms with Gasteiger partial charge < -0.3 is 4.90 Å². The zero-order valence-electron chi connectivity index (χ0n) is 18.2. The third-order valence-corrected chi connectivity index (χ3v) is 9.36. The van der Waals surface area contributed by atoms with Gasteiger partial charge in [-0.05, 0) is 80.1 Å². The summed E-state index contributed by atoms with van der Waals surface area (Å²) >= 11 is 0. The number of halogens is 1. The van der Waals surface area contributed by atoms with E-state index in [2.05, 4.69) is 19.9 Å². The van der Waals surface area contributed by atoms with Gasteiger partial charge in [-0.1, -0.05) is 32.1 Å². The molecule has 3 saturated carbocycles. The Labute approximate surface area is 178 Å². The van der Waals surface area contributed by atoms with Gasteiger partial charge in [0.05, 0.1) is 0 Å². The molecule has 3 nitrogen and oxygen atoms in total. The van der Waals surface area contributed by atoms with Crippen LogP contribution >= 0.6 is 0 Å². The zero-order chi connectivity index (χ0) is 21.3. The normalized spacial score (nSPS) is 42.7. The smallest absolute Gasteiger partial charge is 0.246 e. The minimum Gasteiger partial charge on any atom is -0.338 e. The van der Waals surface area contributed by atoms with Gasteiger partial charge in [0, 0.05) is 29.8 Å². The van der Waals surface area contributed by atoms with Gasteiger partial charge in [-0.25, -0.2) is 4.39 Å². The van der Waals surface area contributed by atoms with E-state index in [4.69, 9.17) is 0 Å². The SMILES string of the molecule is CN1C(=O)C=C[C@]2(C)[C@H]3CC[C@]4(C)C(=O)[C@H](Cc5cccc(F)c5)C[C@H]4[C@@H]3CC[C@@H]12. The van der Waals surface area contributed by atoms with E-state index in [0.717, 1.165) is 37.7 Å². The van der Waals surface area contributed by atoms with Crippen LogP contribution in [0.15, 0.2) is 36.4 Å². The minimum atomic E-state index is -0.248. The van der Waals surface area contributed by atoms with E-state index in [1.807, 2.05) is 18.0 Å². The minimum absolute atomic E-state index is 0.00257. The Morgan fingerprint density at radius 2 is 1.93 bits per heavy atom. The van der Waals surface area contributed by atoms with Crippen LogP contribution in [0.2, 0.25) is 0 Å². The Balaban J connectivity index is 1.43. The van der Waals surface area contributed by atoms with E-state index in [1.54, 1.807) is 18.2 Å². The van der Waals surface area contributed by atoms with Crippen LogP contribution in [-0.4, -0.2) is 29.7 Å². The average Bonchev–Trinajstić information content (AvgIpc) is 2.96. The first-order chi connectivity index (χ1) is 14.2. The van der Waals surface area contributed by atoms with Crippen LogP contribution in [0, 0.1) is 40.3 Å². The van der Waals surface area contributed by atoms with Crippen LogP contribution in [0.25, 0.3) is 0 Å². The molecule has 5 rings (SSSR count). The monoisotopic (exact) mass is 409 g/mol. The van der Waals surface area contributed by atoms with E-state index in [9.17, 15) is 14.0 Å². The highest BCUT2D eigenvalue weighted by Gasteiger charge is 2.62. The topological polar surface area (TPSA) is 37.4 Å². The fourth-order valence-corrected chi connectivity index (χ4v) is 7.80. The van der Waals surface area contributed by atoms with Crippen LogP contribution in [0.3, 0.4) is 0 Å². The van der Waals surface area contributed by atoms with Gasteiger partial charge >= 0.3 is 0 Å². The number of amides is 1. The number of benzene rings is 1. The van der Waals surface area contributed by atoms with E-state index in [-0.39, 0.29) is 34.5 Å². The third kappa shape index (κ3) is 2.75. The van der Waals surface area contributed by atoms with Gasteiger partial charge in [0.25, 0.3) is 0 Å². The van der Waals surface area contributed by atoms with E-state index in [0.29, 0.717) is 30.0 Å². The second-order valence-electron chi connectivity index (χ2n) is 10.7. The molecule has 4 heteroatoms. The van der Waals surface area contributed by atoms with E-state index < -0.39 is 0 Å². The number of carbonyl (C=O) groups excluding carboxylic acids is 2. The summed E-state index contributed by atoms with van der Waals surface area (Å²) in [5.74, 6) is 1.72. The molecule has 0 unspecified atom stereocenters. The molecule has 160 valence electrons. The second-order valence-corrected chi connectivity index (χ2v) is 10.7. The molecule has 1 amide bonds. The summed E-state index contributed by atoms with van der Waals surface area (Å²) in [6.07, 6.45) is 9.61. The summed E-state index contributed by atoms with van der Waals surface area (Å²) in [7, 11) is 1.94. The number of hydrogen-bond donors (Lipinski definition) is 0. The molecule has 4 aliphatic rings. The Kier molecular flexibility index (Phi) is 4.50. The van der Waals surface area contributed by atoms with Gasteiger partial charge in [-0.2, -0.15) is 0 Å². The molecule has 3 aliphatic carbocycles. The highest BCUT2D eigenvalue weighted by Crippen LogP contribution is 2.64. The lowest BCUT2D eigenvalue weighted by molar-refractivity contribution is -0.142. The molecule has 3 fully saturated rings. The van der Waals surface area contributed by atoms with Crippen LogP contribution in [0.1, 0.15) is 51.5 Å². The number of fused-ring (bicyclic) bond motifs is 5. The molecule has 0 radical (unpaired) electrons. The molecule has 0 saturated heterocycles. The fourth-order valence-electron chi connectivity index (χ4n) is 7.80. The Hall–Kier alpha value is -1.97. The summed E-state index contributed by atoms with van der Waals surface area (Å²) in [6.45, 7) is 4.53. The van der Waals surface area contributed by atoms with Crippen molar-refractivity contribution in [3.63, 3.8) is 0 Å². The van der Waals surface area contributed by atoms with Crippen molar-refractivity contribution in [3.05, 3.63) is 47.8 Å². The zero-order valence-corrected chi connectivity index (χ0v) is 18.2. The summed E-state index contributed by atoms with van der Waals surface area (Å²) in [5.41, 5.74) is 0.678. The molecule has 7 atom stereocenters. The first kappa shape index (κ1) is 20.0. The molecule has 0 bridgehead atoms. The Morgan fingerprint density at radius 1 is 1.13 bits per heavy atom. The molecule has 0 N–H and O–H groups in total. The molecule has 1 heterocycles. The van der Waals surface area contributed by atoms with Crippen molar-refractivity contribution in [1.29, 1.82) is 0 Å². The maximum atomic E-state index is 13.7. The van der Waals surface area contributed by atoms with Crippen molar-refractivity contribution < 1.29 is 14.0 Å². The number of ketones is 1. The highest BCUT2D eigenvalue weighted by molar-refractivity contribution is 5.90. The van der Waals surface area contributed by atoms with Crippen LogP contribution in [-0.2, 0) is 16.0 Å². The number of carbonyl (C=O) groups is 2. The second kappa shape index (κ2) is 6.77. The highest BCUT2D eigenvalue weighted by atomic mass is 19.1. The van der Waals surface area contributed by atoms with Crippen LogP contribution in [0.5, 0.6) is 0 Å². The molecule has 0 aromatic heterocycles. The van der Waals surface area contributed by atoms with Crippen molar-refractivity contribution in [2.24, 2.45) is 34.5 Å². The largest absolute Gasteiger partial charge is 0.338 e. The molecular formula is C26H32FNO2. The standard InChI is InChI=1S/C26H32FNO2/c1-25-12-10-23(29)28(3)22(25)8-7-19-20(25)9-11-26(2)21(19)15-17(24(26)30)13-16-5-4-6-18(27)14-16/h4-6,10,12,14,17,19-22H,7-9,11,13,15H2,1-3H3/t17-,19-,20+,21+,22-,25-,26+/m1/s1. The number of nitrogens with zero attached hydrogens (tertiary/aromatic N) is 1. The molecule has 0 spiro atoms. The quantitative estimate of drug-likeness (QED) is 0.703. The molecular weight excluding hydrogens is 377 g/mol. The van der Waals surface area contributed by atoms with Crippen LogP contribution < -0.4 is 0 Å². The van der Waals surface area contributed by atoms with Crippen LogP contribution in [0.4, 0.5) is 4.39 Å². The average molecular weight is 410 g/mol. The van der Waals surface area contributed by atoms with Crippen molar-refractivity contribution in [2.45, 2.75) is 58.4 Å². The predicted octanol–water partition coefficient (Wildman–Crippen LogP) is 4.80. The van der Waals surface area contributed by atoms with Crippen molar-refractivity contribution in [1.82, 2.24) is 4.90 Å². The molecule has 1 aromatic carbocycles. The molecule has 30 heavy (non-hydrogen) atoms. The van der Waals surface area contributed by atoms with Gasteiger partial charge in [0.1, 0.15) is 11.6 Å². The summed E-state index contributed by atoms with van der Waals surface area (Å²) < 4.78 is 13.7. The van der Waals surface area contributed by atoms with Crippen molar-refractivity contribution >= 4 is 11.7 Å². The van der Waals surface area contributed by atoms with E-state index in [1.165, 1.54) is 6.07 Å². The first-order valence-corrected chi connectivity index (χ1v) is 11.5. The fraction of sp³-hybridized carbons (Fsp3) is 0.615. The van der Waals surface area contributed by atoms with Crippen molar-refractivity contribution in [3.8, 4) is 0 Å². The third-order valence-electron chi connectivity index (χ3n) is 9.36. The molecule has 1 aromatic rings. The summed E-state index contributed by atoms with van der Waals surface area (Å²) in [6, 6.07) is 6.98. The number of rotatable bonds is 2. The lowest BCUT2D eigenvalue weighted by Gasteiger charge is -2.59. The summed E-state index contributed by atoms with van der Waals surface area (Å²) in [4.78, 5) is 27.7. The van der Waals surface area contributed by atoms with Gasteiger partial charge in [-0.3, -0.25) is 9.59 Å². The lowest BCUT2D eigenvalue weighted by Crippen LogP contribution is -2.59. The van der Waals surface area contributed by atoms with E-state index >= 15 is 0 Å².